The van der Waals surface area contributed by atoms with Crippen LogP contribution in [0.5, 0.6) is 17.2 Å². The number of aromatic nitrogens is 2. The molecule has 31 nitrogen and oxygen atoms in total. The number of aromatic carboxylic acids is 1. The molecule has 2 saturated heterocycles. The quantitative estimate of drug-likeness (QED) is 0.00820. The van der Waals surface area contributed by atoms with Gasteiger partial charge in [0.05, 0.1) is 34.6 Å². The Kier molecular flexibility index (Phi) is 27.1. The van der Waals surface area contributed by atoms with Crippen molar-refractivity contribution in [3.8, 4) is 28.7 Å². The monoisotopic (exact) mass is 1760 g/mol. The second-order valence-electron chi connectivity index (χ2n) is 36.5. The van der Waals surface area contributed by atoms with Gasteiger partial charge in [0.15, 0.2) is 22.9 Å². The number of unbranched alkanes of at least 4 members (excludes halogenated alkanes) is 2. The lowest BCUT2D eigenvalue weighted by Gasteiger charge is -2.43. The van der Waals surface area contributed by atoms with E-state index in [4.69, 9.17) is 34.1 Å². The number of hydrogen-bond donors (Lipinski definition) is 8. The van der Waals surface area contributed by atoms with Gasteiger partial charge in [0.2, 0.25) is 23.2 Å². The van der Waals surface area contributed by atoms with Crippen molar-refractivity contribution in [2.75, 3.05) is 66.7 Å². The van der Waals surface area contributed by atoms with E-state index in [1.165, 1.54) is 49.7 Å². The number of pyridine rings is 2. The van der Waals surface area contributed by atoms with E-state index >= 15 is 14.0 Å². The smallest absolute Gasteiger partial charge is 0.341 e. The number of imide groups is 1. The summed E-state index contributed by atoms with van der Waals surface area (Å²) in [5.74, 6) is -9.36. The zero-order valence-electron chi connectivity index (χ0n) is 74.5. The first-order valence-corrected chi connectivity index (χ1v) is 44.5. The summed E-state index contributed by atoms with van der Waals surface area (Å²) < 4.78 is 50.5. The van der Waals surface area contributed by atoms with Crippen LogP contribution in [0.1, 0.15) is 208 Å². The Morgan fingerprint density at radius 2 is 1.56 bits per heavy atom. The van der Waals surface area contributed by atoms with Gasteiger partial charge in [-0.2, -0.15) is 0 Å². The lowest BCUT2D eigenvalue weighted by atomic mass is 9.82. The molecule has 4 fully saturated rings. The minimum Gasteiger partial charge on any atom is -0.507 e. The first-order valence-electron chi connectivity index (χ1n) is 44.5. The molecular formula is C96H115FN12O19. The van der Waals surface area contributed by atoms with Crippen LogP contribution in [0.25, 0.3) is 38.8 Å². The lowest BCUT2D eigenvalue weighted by molar-refractivity contribution is -0.152. The Balaban J connectivity index is 0.779. The number of hydrogen-bond acceptors (Lipinski definition) is 22. The maximum atomic E-state index is 16.7. The number of nitrogens with zero attached hydrogens (tertiary/aromatic N) is 6. The molecule has 0 radical (unpaired) electrons. The number of fused-ring (bicyclic) bond motifs is 3. The molecule has 128 heavy (non-hydrogen) atoms. The highest BCUT2D eigenvalue weighted by Gasteiger charge is 2.56. The van der Waals surface area contributed by atoms with Crippen molar-refractivity contribution in [2.24, 2.45) is 41.2 Å². The van der Waals surface area contributed by atoms with Crippen molar-refractivity contribution in [1.82, 2.24) is 35.1 Å². The average Bonchev–Trinajstić information content (AvgIpc) is 1.48. The summed E-state index contributed by atoms with van der Waals surface area (Å²) in [6.45, 7) is 21.6. The van der Waals surface area contributed by atoms with E-state index in [2.05, 4.69) is 69.1 Å². The molecular weight excluding hydrogens is 1640 g/mol. The normalized spacial score (nSPS) is 23.0. The number of Topliss-reactive ketones (excluding diaryl/α,β-unsaturated/α-hetero) is 1. The van der Waals surface area contributed by atoms with E-state index in [0.717, 1.165) is 61.6 Å². The van der Waals surface area contributed by atoms with Crippen LogP contribution in [0.15, 0.2) is 111 Å². The minimum absolute atomic E-state index is 0.0143. The summed E-state index contributed by atoms with van der Waals surface area (Å²) in [6.07, 6.45) is 20.6. The van der Waals surface area contributed by atoms with Crippen LogP contribution >= 0.6 is 0 Å². The number of nitrogens with one attached hydrogen (secondary N) is 5. The van der Waals surface area contributed by atoms with Gasteiger partial charge in [0, 0.05) is 123 Å². The van der Waals surface area contributed by atoms with Crippen molar-refractivity contribution in [2.45, 2.75) is 221 Å². The van der Waals surface area contributed by atoms with Crippen molar-refractivity contribution in [1.29, 1.82) is 0 Å². The summed E-state index contributed by atoms with van der Waals surface area (Å²) in [7, 11) is 2.18. The number of halogens is 1. The third-order valence-electron chi connectivity index (χ3n) is 26.7. The van der Waals surface area contributed by atoms with Crippen molar-refractivity contribution in [3.63, 3.8) is 0 Å². The van der Waals surface area contributed by atoms with Gasteiger partial charge in [0.1, 0.15) is 58.8 Å². The number of aryl methyl sites for hydroxylation is 1. The predicted octanol–water partition coefficient (Wildman–Crippen LogP) is 12.7. The van der Waals surface area contributed by atoms with Gasteiger partial charge in [-0.3, -0.25) is 62.1 Å². The van der Waals surface area contributed by atoms with Gasteiger partial charge in [-0.1, -0.05) is 78.3 Å². The van der Waals surface area contributed by atoms with Crippen LogP contribution in [0.4, 0.5) is 31.9 Å². The Bertz CT molecular complexity index is 5800. The van der Waals surface area contributed by atoms with E-state index in [-0.39, 0.29) is 152 Å². The first kappa shape index (κ1) is 91.7. The van der Waals surface area contributed by atoms with Crippen molar-refractivity contribution in [3.05, 3.63) is 157 Å². The fourth-order valence-electron chi connectivity index (χ4n) is 19.5. The van der Waals surface area contributed by atoms with Gasteiger partial charge in [0.25, 0.3) is 29.1 Å². The van der Waals surface area contributed by atoms with Crippen LogP contribution in [0.2, 0.25) is 0 Å². The highest BCUT2D eigenvalue weighted by atomic mass is 19.1. The number of carboxylic acids is 1. The highest BCUT2D eigenvalue weighted by Crippen LogP contribution is 2.55. The SMILES string of the molecule is CC(=O)O[C@@H]1[C@H](C)C/C=C/O[C@@]2(C)Oc3c(C)c(O)c4c(=O)c(c5oc6cc(N7CCC(N(C)C8([C@H]9CCN(c%10c(F)cn%11c(=O)c(C(=O)O)cc(C%12CC%12)c%11c%10C)C9)CC8)CC7)cc(OCc7ccc(NC(=O)[C@H](CCNC(N)=O)NC(=O)[C@@H](NC(=O)CCCCCN8C(=O)C=CC8=O)C(C)C)cc7)c6nc-5c4c3C2=O)NC(=O)/C(C)=C\C=C\[C@H](C)C[C@@H](C)C[C@H]1C. The number of carbonyl (C=O) groups excluding carboxylic acids is 9. The van der Waals surface area contributed by atoms with E-state index in [1.807, 2.05) is 26.0 Å². The third-order valence-corrected chi connectivity index (χ3v) is 26.7. The summed E-state index contributed by atoms with van der Waals surface area (Å²) >= 11 is 0. The molecule has 8 amide bonds. The molecule has 2 aromatic heterocycles. The van der Waals surface area contributed by atoms with Gasteiger partial charge in [-0.15, -0.1) is 0 Å². The number of piperidine rings is 1. The molecule has 2 saturated carbocycles. The molecule has 6 aliphatic heterocycles. The number of benzene rings is 4. The topological polar surface area (TPSA) is 412 Å². The zero-order chi connectivity index (χ0) is 91.8. The minimum atomic E-state index is -2.09. The number of aromatic hydroxyl groups is 1. The number of phenols is 1. The fraction of sp³-hybridized carbons (Fsp3) is 0.490. The number of phenolic OH excluding ortho intramolecular Hbond substituents is 1. The van der Waals surface area contributed by atoms with Crippen LogP contribution in [0, 0.1) is 55.2 Å². The van der Waals surface area contributed by atoms with E-state index in [0.29, 0.717) is 98.4 Å². The standard InChI is InChI=1S/C96H115FN12O19/c1-50(2)77(102-71(111)21-14-13-15-37-108-72(112)28-29-73(108)113)91(119)101-68(30-36-99-94(98)123)90(118)100-62-26-22-59(23-27-62)49-124-69-44-64(106-39-32-63(33-40-106)105(12)96(34-35-96)61-31-38-107(47-61)82-56(8)81-65(60-24-25-60)46-66(93(121)122)92(120)109(81)48-67(82)97)45-70-78(69)103-79-74-75-83(114)57(9)86-76(74)88(116)95(11,128-86)125-41-17-20-53(5)85(126-58(10)110)55(7)43-52(4)42-51(3)18-16-19-54(6)89(117)104-80(84(75)115)87(79)127-70/h16-19,22-23,26-29,41,44-46,48,50-53,55,60-61,63,68,77,85,114H,13-15,20-21,24-25,30-40,42-43,47,49H2,1-12H3,(H,100,118)(H,101,119)(H,102,111)(H,104,117)(H,121,122)(H3,98,99,123)/b18-16+,41-17+,54-19-/t51-,52+,53+,55+,61-,68-,77-,85+,95-/m0/s1. The summed E-state index contributed by atoms with van der Waals surface area (Å²) in [4.78, 5) is 175. The number of allylic oxidation sites excluding steroid dienone is 4. The summed E-state index contributed by atoms with van der Waals surface area (Å²) in [5.41, 5.74) is 6.72. The summed E-state index contributed by atoms with van der Waals surface area (Å²) in [6, 6.07) is 8.65. The van der Waals surface area contributed by atoms with Gasteiger partial charge in [-0.25, -0.2) is 19.0 Å². The number of esters is 1. The molecule has 0 unspecified atom stereocenters. The maximum Gasteiger partial charge on any atom is 0.341 e. The maximum absolute atomic E-state index is 16.7. The molecule has 14 rings (SSSR count). The molecule has 9 atom stereocenters. The lowest BCUT2D eigenvalue weighted by Crippen LogP contribution is -2.55. The number of nitrogens with two attached hydrogens (primary N) is 1. The third kappa shape index (κ3) is 19.2. The number of carbonyl (C=O) groups is 10. The number of carboxylic acid groups (broad SMARTS) is 1. The second-order valence-corrected chi connectivity index (χ2v) is 36.5. The molecule has 680 valence electrons. The number of anilines is 4. The largest absolute Gasteiger partial charge is 0.507 e. The second kappa shape index (κ2) is 37.8. The van der Waals surface area contributed by atoms with E-state index in [1.54, 1.807) is 69.3 Å². The van der Waals surface area contributed by atoms with Gasteiger partial charge in [-0.05, 0) is 194 Å². The average molecular weight is 1760 g/mol. The number of urea groups is 1. The fourth-order valence-corrected chi connectivity index (χ4v) is 19.5. The van der Waals surface area contributed by atoms with Crippen molar-refractivity contribution >= 4 is 109 Å². The molecule has 8 heterocycles. The van der Waals surface area contributed by atoms with Crippen LogP contribution < -0.4 is 62.6 Å². The Labute approximate surface area is 740 Å². The zero-order valence-corrected chi connectivity index (χ0v) is 74.5. The molecule has 32 heteroatoms. The molecule has 9 aliphatic rings. The van der Waals surface area contributed by atoms with E-state index in [9.17, 15) is 58.2 Å². The highest BCUT2D eigenvalue weighted by molar-refractivity contribution is 6.23. The molecule has 5 aromatic rings. The number of ether oxygens (including phenoxy) is 4. The van der Waals surface area contributed by atoms with Crippen LogP contribution in [-0.2, 0) is 49.6 Å². The molecule has 3 aromatic carbocycles. The Hall–Kier alpha value is -12.5. The molecule has 0 spiro atoms. The number of ketones is 1. The van der Waals surface area contributed by atoms with Crippen molar-refractivity contribution < 1.29 is 85.9 Å². The molecule has 4 bridgehead atoms. The van der Waals surface area contributed by atoms with Crippen LogP contribution in [-0.4, -0.2) is 170 Å². The first-order chi connectivity index (χ1) is 60.9. The number of primary amides is 1. The Morgan fingerprint density at radius 1 is 0.852 bits per heavy atom. The van der Waals surface area contributed by atoms with Crippen LogP contribution in [0.3, 0.4) is 0 Å². The Morgan fingerprint density at radius 3 is 2.23 bits per heavy atom. The molecule has 9 N–H and O–H groups in total. The van der Waals surface area contributed by atoms with Gasteiger partial charge < -0.3 is 75.7 Å². The summed E-state index contributed by atoms with van der Waals surface area (Å²) in [5, 5.41) is 35.6. The number of amides is 8. The molecule has 3 aliphatic carbocycles. The van der Waals surface area contributed by atoms with Gasteiger partial charge >= 0.3 is 23.8 Å². The number of rotatable bonds is 26. The van der Waals surface area contributed by atoms with E-state index < -0.39 is 112 Å². The predicted molar refractivity (Wildman–Crippen MR) is 479 cm³/mol.